The van der Waals surface area contributed by atoms with E-state index in [1.807, 2.05) is 5.92 Å². The molecule has 1 atom stereocenters. The van der Waals surface area contributed by atoms with E-state index in [0.717, 1.165) is 0 Å². The fourth-order valence-corrected chi connectivity index (χ4v) is 0.954. The van der Waals surface area contributed by atoms with Gasteiger partial charge in [0.05, 0.1) is 19.8 Å². The molecule has 0 fully saturated rings. The van der Waals surface area contributed by atoms with E-state index in [0.29, 0.717) is 0 Å². The van der Waals surface area contributed by atoms with Gasteiger partial charge in [-0.3, -0.25) is 9.59 Å². The zero-order chi connectivity index (χ0) is 27.1. The number of aliphatic hydroxyl groups excluding tert-OH is 1. The summed E-state index contributed by atoms with van der Waals surface area (Å²) in [6.07, 6.45) is 4.81. The van der Waals surface area contributed by atoms with Crippen LogP contribution in [0, 0.1) is 36.0 Å². The minimum absolute atomic E-state index is 0. The average Bonchev–Trinajstić information content (AvgIpc) is 2.76. The summed E-state index contributed by atoms with van der Waals surface area (Å²) in [7, 11) is 0. The number of aldehydes is 1. The maximum atomic E-state index is 10.6. The van der Waals surface area contributed by atoms with Crippen LogP contribution in [0.4, 0.5) is 0 Å². The number of aliphatic hydroxyl groups is 1. The van der Waals surface area contributed by atoms with E-state index in [-0.39, 0.29) is 66.1 Å². The second-order valence-corrected chi connectivity index (χ2v) is 4.35. The molecule has 1 unspecified atom stereocenters. The molecule has 0 amide bonds. The van der Waals surface area contributed by atoms with E-state index in [9.17, 15) is 24.0 Å². The summed E-state index contributed by atoms with van der Waals surface area (Å²) in [5.41, 5.74) is 0. The second-order valence-electron chi connectivity index (χ2n) is 4.16. The van der Waals surface area contributed by atoms with Gasteiger partial charge in [0, 0.05) is 0 Å². The summed E-state index contributed by atoms with van der Waals surface area (Å²) in [5.74, 6) is 7.89. The van der Waals surface area contributed by atoms with Crippen molar-refractivity contribution in [3.8, 4) is 29.6 Å². The third-order valence-corrected chi connectivity index (χ3v) is 1.87. The van der Waals surface area contributed by atoms with Crippen LogP contribution in [0.1, 0.15) is 41.5 Å². The first-order valence-corrected chi connectivity index (χ1v) is 9.80. The first-order chi connectivity index (χ1) is 15.6. The van der Waals surface area contributed by atoms with Gasteiger partial charge in [0.15, 0.2) is 0 Å². The second kappa shape index (κ2) is 45.3. The van der Waals surface area contributed by atoms with Gasteiger partial charge in [0.25, 0.3) is 0 Å². The molecular weight excluding hydrogens is 587 g/mol. The molecule has 0 bridgehead atoms. The number of hydrogen-bond acceptors (Lipinski definition) is 11. The summed E-state index contributed by atoms with van der Waals surface area (Å²) in [6.45, 7) is 10.2. The molecule has 0 saturated carbocycles. The Morgan fingerprint density at radius 1 is 0.943 bits per heavy atom. The first kappa shape index (κ1) is 49.8. The molecule has 0 aliphatic heterocycles. The predicted octanol–water partition coefficient (Wildman–Crippen LogP) is -3.20. The summed E-state index contributed by atoms with van der Waals surface area (Å²) in [4.78, 5) is 50.7. The first-order valence-electron chi connectivity index (χ1n) is 8.83. The molecule has 0 saturated heterocycles. The van der Waals surface area contributed by atoms with Crippen LogP contribution in [-0.4, -0.2) is 84.1 Å². The van der Waals surface area contributed by atoms with Gasteiger partial charge in [0.1, 0.15) is 0 Å². The van der Waals surface area contributed by atoms with Gasteiger partial charge in [-0.2, -0.15) is 0 Å². The maximum absolute atomic E-state index is 10.6. The topological polar surface area (TPSA) is 167 Å². The zero-order valence-electron chi connectivity index (χ0n) is 20.3. The van der Waals surface area contributed by atoms with E-state index in [4.69, 9.17) is 19.2 Å². The number of hydrogen-bond donors (Lipinski definition) is 1. The van der Waals surface area contributed by atoms with Crippen molar-refractivity contribution in [1.29, 1.82) is 0 Å². The van der Waals surface area contributed by atoms with Crippen LogP contribution in [0.15, 0.2) is 0 Å². The van der Waals surface area contributed by atoms with Crippen LogP contribution in [0.2, 0.25) is 0 Å². The van der Waals surface area contributed by atoms with Crippen molar-refractivity contribution in [2.45, 2.75) is 47.6 Å². The molecule has 193 valence electrons. The average molecular weight is 615 g/mol. The number of halogens is 1. The van der Waals surface area contributed by atoms with Gasteiger partial charge in [-0.05, 0) is 47.5 Å². The Morgan fingerprint density at radius 3 is 1.60 bits per heavy atom. The SMILES string of the molecule is CC#CC(=O)C(=O)OCC.CC#CC(O)C(=O)OCC.CCOC(=O)C=O.[Br-].[C-]#CC.[Mg+2].[O]=[Mn]=[O]. The normalized spacial score (nSPS) is 7.37. The van der Waals surface area contributed by atoms with Gasteiger partial charge in [-0.25, -0.2) is 14.4 Å². The Balaban J connectivity index is -0.0000000593. The number of Topliss-reactive ketones (excluding diaryl/α,β-unsaturated/α-hetero) is 1. The van der Waals surface area contributed by atoms with E-state index in [2.05, 4.69) is 37.9 Å². The standard InChI is InChI=1S/C7H10O3.C7H8O3.C4H6O3.C3H3.BrH.Mg.Mn.2O/c2*1-3-5-6(8)7(9)10-4-2;1-2-7-4(6)3-5;1-3-2;;;;;/h6,8H,4H2,1-2H3;4H2,1-2H3;3H,2H2,1H3;1H3;1H;;;;/q;;;-1;;+2;;;/p-1. The van der Waals surface area contributed by atoms with Crippen molar-refractivity contribution in [3.63, 3.8) is 0 Å². The summed E-state index contributed by atoms with van der Waals surface area (Å²) in [6, 6.07) is 0. The zero-order valence-corrected chi connectivity index (χ0v) is 24.4. The number of carbonyl (C=O) groups excluding carboxylic acids is 5. The van der Waals surface area contributed by atoms with Crippen LogP contribution >= 0.6 is 0 Å². The van der Waals surface area contributed by atoms with Crippen molar-refractivity contribution in [2.24, 2.45) is 0 Å². The van der Waals surface area contributed by atoms with Gasteiger partial charge in [-0.15, -0.1) is 5.92 Å². The molecule has 0 spiro atoms. The minimum atomic E-state index is -1.44. The van der Waals surface area contributed by atoms with Crippen LogP contribution in [0.3, 0.4) is 0 Å². The van der Waals surface area contributed by atoms with Crippen molar-refractivity contribution in [3.05, 3.63) is 6.42 Å². The van der Waals surface area contributed by atoms with Gasteiger partial charge in [0.2, 0.25) is 12.4 Å². The van der Waals surface area contributed by atoms with Crippen molar-refractivity contribution >= 4 is 53.0 Å². The third kappa shape index (κ3) is 54.3. The molecule has 0 aliphatic carbocycles. The molecule has 11 nitrogen and oxygen atoms in total. The van der Waals surface area contributed by atoms with Gasteiger partial charge >= 0.3 is 69.2 Å². The predicted molar refractivity (Wildman–Crippen MR) is 114 cm³/mol. The molecule has 35 heavy (non-hydrogen) atoms. The number of esters is 3. The Labute approximate surface area is 238 Å². The molecular formula is C21H27BrMgMnO11. The summed E-state index contributed by atoms with van der Waals surface area (Å²) < 4.78 is 29.8. The van der Waals surface area contributed by atoms with Gasteiger partial charge in [-0.1, -0.05) is 11.8 Å². The van der Waals surface area contributed by atoms with E-state index >= 15 is 0 Å². The van der Waals surface area contributed by atoms with Crippen molar-refractivity contribution in [1.82, 2.24) is 0 Å². The molecule has 14 heteroatoms. The van der Waals surface area contributed by atoms with Crippen LogP contribution < -0.4 is 17.0 Å². The summed E-state index contributed by atoms with van der Waals surface area (Å²) >= 11 is -1.44. The summed E-state index contributed by atoms with van der Waals surface area (Å²) in [5, 5.41) is 8.80. The Kier molecular flexibility index (Phi) is 64.4. The molecule has 0 aliphatic rings. The Bertz CT molecular complexity index is 781. The fraction of sp³-hybridized carbons (Fsp3) is 0.476. The number of rotatable bonds is 6. The number of ketones is 1. The quantitative estimate of drug-likeness (QED) is 0.0468. The Morgan fingerprint density at radius 2 is 1.34 bits per heavy atom. The van der Waals surface area contributed by atoms with Crippen LogP contribution in [0.25, 0.3) is 0 Å². The molecule has 0 aromatic rings. The number of carbonyl (C=O) groups is 5. The van der Waals surface area contributed by atoms with E-state index in [1.54, 1.807) is 34.6 Å². The van der Waals surface area contributed by atoms with E-state index in [1.165, 1.54) is 6.92 Å². The molecule has 1 N–H and O–H groups in total. The molecule has 0 heterocycles. The molecule has 0 radical (unpaired) electrons. The fourth-order valence-electron chi connectivity index (χ4n) is 0.954. The molecule has 0 rings (SSSR count). The monoisotopic (exact) mass is 613 g/mol. The molecule has 0 aromatic carbocycles. The Hall–Kier alpha value is -2.24. The molecule has 0 aromatic heterocycles. The number of ether oxygens (including phenoxy) is 3. The van der Waals surface area contributed by atoms with Gasteiger partial charge < -0.3 is 48.6 Å². The van der Waals surface area contributed by atoms with E-state index < -0.39 is 44.6 Å². The van der Waals surface area contributed by atoms with Crippen molar-refractivity contribution in [2.75, 3.05) is 19.8 Å². The van der Waals surface area contributed by atoms with Crippen LogP contribution in [-0.2, 0) is 60.7 Å². The van der Waals surface area contributed by atoms with Crippen LogP contribution in [0.5, 0.6) is 0 Å². The van der Waals surface area contributed by atoms with Crippen molar-refractivity contribution < 1.29 is 82.8 Å². The third-order valence-electron chi connectivity index (χ3n) is 1.87.